The number of benzene rings is 1. The molecule has 104 valence electrons. The zero-order valence-electron chi connectivity index (χ0n) is 10.5. The van der Waals surface area contributed by atoms with Gasteiger partial charge in [0, 0.05) is 11.6 Å². The van der Waals surface area contributed by atoms with Crippen LogP contribution in [0, 0.1) is 5.82 Å². The minimum absolute atomic E-state index is 0.0150. The Kier molecular flexibility index (Phi) is 5.06. The van der Waals surface area contributed by atoms with Crippen LogP contribution in [0.3, 0.4) is 0 Å². The van der Waals surface area contributed by atoms with Crippen molar-refractivity contribution in [3.63, 3.8) is 0 Å². The van der Waals surface area contributed by atoms with Crippen LogP contribution in [-0.2, 0) is 0 Å². The van der Waals surface area contributed by atoms with Gasteiger partial charge in [-0.3, -0.25) is 4.79 Å². The zero-order valence-corrected chi connectivity index (χ0v) is 12.0. The molecule has 5 heteroatoms. The zero-order chi connectivity index (χ0) is 13.8. The quantitative estimate of drug-likeness (QED) is 0.645. The summed E-state index contributed by atoms with van der Waals surface area (Å²) in [6.45, 7) is 0. The third-order valence-corrected chi connectivity index (χ3v) is 4.26. The van der Waals surface area contributed by atoms with Gasteiger partial charge < -0.3 is 5.32 Å². The van der Waals surface area contributed by atoms with E-state index in [4.69, 9.17) is 23.2 Å². The normalized spacial score (nSPS) is 23.7. The molecule has 0 spiro atoms. The Morgan fingerprint density at radius 2 is 2.00 bits per heavy atom. The van der Waals surface area contributed by atoms with Crippen LogP contribution in [0.5, 0.6) is 0 Å². The molecule has 0 bridgehead atoms. The number of carbonyl (C=O) groups is 1. The van der Waals surface area contributed by atoms with Gasteiger partial charge in [-0.05, 0) is 31.0 Å². The molecule has 1 aromatic rings. The van der Waals surface area contributed by atoms with Crippen molar-refractivity contribution in [2.75, 3.05) is 0 Å². The third kappa shape index (κ3) is 3.83. The highest BCUT2D eigenvalue weighted by molar-refractivity contribution is 6.30. The van der Waals surface area contributed by atoms with E-state index in [0.29, 0.717) is 0 Å². The second kappa shape index (κ2) is 6.58. The molecule has 2 unspecified atom stereocenters. The van der Waals surface area contributed by atoms with E-state index in [0.717, 1.165) is 38.2 Å². The molecular formula is C14H16Cl2FNO. The number of amides is 1. The first-order chi connectivity index (χ1) is 9.08. The van der Waals surface area contributed by atoms with Crippen LogP contribution in [0.2, 0.25) is 5.02 Å². The molecule has 0 aromatic heterocycles. The van der Waals surface area contributed by atoms with Crippen LogP contribution in [0.25, 0.3) is 0 Å². The first-order valence-corrected chi connectivity index (χ1v) is 7.29. The topological polar surface area (TPSA) is 29.1 Å². The summed E-state index contributed by atoms with van der Waals surface area (Å²) in [5, 5.41) is 2.85. The lowest BCUT2D eigenvalue weighted by Gasteiger charge is -2.21. The van der Waals surface area contributed by atoms with Gasteiger partial charge in [0.2, 0.25) is 0 Å². The summed E-state index contributed by atoms with van der Waals surface area (Å²) in [6.07, 6.45) is 5.07. The average Bonchev–Trinajstić information content (AvgIpc) is 2.58. The minimum atomic E-state index is -0.586. The van der Waals surface area contributed by atoms with Crippen molar-refractivity contribution >= 4 is 29.1 Å². The fourth-order valence-electron chi connectivity index (χ4n) is 2.31. The van der Waals surface area contributed by atoms with Crippen LogP contribution < -0.4 is 5.32 Å². The van der Waals surface area contributed by atoms with Gasteiger partial charge in [0.15, 0.2) is 0 Å². The van der Waals surface area contributed by atoms with Crippen LogP contribution in [0.4, 0.5) is 4.39 Å². The van der Waals surface area contributed by atoms with Gasteiger partial charge in [-0.2, -0.15) is 0 Å². The van der Waals surface area contributed by atoms with Crippen molar-refractivity contribution in [1.82, 2.24) is 5.32 Å². The molecule has 1 saturated carbocycles. The molecule has 0 heterocycles. The summed E-state index contributed by atoms with van der Waals surface area (Å²) in [4.78, 5) is 12.1. The molecule has 2 nitrogen and oxygen atoms in total. The van der Waals surface area contributed by atoms with Crippen molar-refractivity contribution in [2.45, 2.75) is 43.5 Å². The lowest BCUT2D eigenvalue weighted by Crippen LogP contribution is -2.40. The Bertz CT molecular complexity index is 467. The molecule has 2 atom stereocenters. The fraction of sp³-hybridized carbons (Fsp3) is 0.500. The third-order valence-electron chi connectivity index (χ3n) is 3.43. The van der Waals surface area contributed by atoms with E-state index in [-0.39, 0.29) is 27.9 Å². The van der Waals surface area contributed by atoms with E-state index >= 15 is 0 Å². The molecule has 2 rings (SSSR count). The summed E-state index contributed by atoms with van der Waals surface area (Å²) >= 11 is 11.9. The molecule has 1 aliphatic rings. The lowest BCUT2D eigenvalue weighted by atomic mass is 10.1. The molecule has 0 saturated heterocycles. The van der Waals surface area contributed by atoms with E-state index in [1.54, 1.807) is 0 Å². The first-order valence-electron chi connectivity index (χ1n) is 6.48. The highest BCUT2D eigenvalue weighted by atomic mass is 35.5. The Morgan fingerprint density at radius 3 is 2.74 bits per heavy atom. The van der Waals surface area contributed by atoms with E-state index in [9.17, 15) is 9.18 Å². The molecule has 1 amide bonds. The summed E-state index contributed by atoms with van der Waals surface area (Å²) in [5.41, 5.74) is 0.273. The number of alkyl halides is 1. The van der Waals surface area contributed by atoms with Gasteiger partial charge in [-0.15, -0.1) is 11.6 Å². The van der Waals surface area contributed by atoms with Crippen LogP contribution in [0.1, 0.15) is 42.5 Å². The van der Waals surface area contributed by atoms with Gasteiger partial charge in [-0.1, -0.05) is 30.9 Å². The van der Waals surface area contributed by atoms with Crippen molar-refractivity contribution in [3.05, 3.63) is 34.6 Å². The van der Waals surface area contributed by atoms with Crippen LogP contribution in [0.15, 0.2) is 18.2 Å². The SMILES string of the molecule is O=C(NC1CCCCCC1Cl)c1ccc(Cl)c(F)c1. The van der Waals surface area contributed by atoms with E-state index in [1.807, 2.05) is 0 Å². The summed E-state index contributed by atoms with van der Waals surface area (Å²) in [5.74, 6) is -0.884. The molecule has 1 N–H and O–H groups in total. The Morgan fingerprint density at radius 1 is 1.26 bits per heavy atom. The van der Waals surface area contributed by atoms with Crippen LogP contribution in [-0.4, -0.2) is 17.3 Å². The number of hydrogen-bond acceptors (Lipinski definition) is 1. The maximum atomic E-state index is 13.3. The van der Waals surface area contributed by atoms with Gasteiger partial charge in [0.05, 0.1) is 10.4 Å². The lowest BCUT2D eigenvalue weighted by molar-refractivity contribution is 0.0933. The number of rotatable bonds is 2. The standard InChI is InChI=1S/C14H16Cl2FNO/c15-10-7-6-9(8-12(10)17)14(19)18-13-5-3-1-2-4-11(13)16/h6-8,11,13H,1-5H2,(H,18,19). The maximum absolute atomic E-state index is 13.3. The monoisotopic (exact) mass is 303 g/mol. The predicted molar refractivity (Wildman–Crippen MR) is 75.4 cm³/mol. The molecule has 0 aliphatic heterocycles. The Hall–Kier alpha value is -0.800. The highest BCUT2D eigenvalue weighted by Crippen LogP contribution is 2.23. The van der Waals surface area contributed by atoms with E-state index in [1.165, 1.54) is 12.1 Å². The van der Waals surface area contributed by atoms with E-state index < -0.39 is 5.82 Å². The number of nitrogens with one attached hydrogen (secondary N) is 1. The smallest absolute Gasteiger partial charge is 0.251 e. The molecule has 1 aliphatic carbocycles. The number of hydrogen-bond donors (Lipinski definition) is 1. The fourth-order valence-corrected chi connectivity index (χ4v) is 2.77. The van der Waals surface area contributed by atoms with Gasteiger partial charge in [0.25, 0.3) is 5.91 Å². The maximum Gasteiger partial charge on any atom is 0.251 e. The van der Waals surface area contributed by atoms with Gasteiger partial charge >= 0.3 is 0 Å². The summed E-state index contributed by atoms with van der Waals surface area (Å²) in [6, 6.07) is 4.01. The van der Waals surface area contributed by atoms with Gasteiger partial charge in [-0.25, -0.2) is 4.39 Å². The Labute approximate surface area is 122 Å². The molecule has 1 aromatic carbocycles. The van der Waals surface area contributed by atoms with Crippen LogP contribution >= 0.6 is 23.2 Å². The molecular weight excluding hydrogens is 288 g/mol. The number of halogens is 3. The van der Waals surface area contributed by atoms with Crippen molar-refractivity contribution < 1.29 is 9.18 Å². The molecule has 1 fully saturated rings. The minimum Gasteiger partial charge on any atom is -0.348 e. The summed E-state index contributed by atoms with van der Waals surface area (Å²) < 4.78 is 13.3. The van der Waals surface area contributed by atoms with Crippen molar-refractivity contribution in [1.29, 1.82) is 0 Å². The largest absolute Gasteiger partial charge is 0.348 e. The highest BCUT2D eigenvalue weighted by Gasteiger charge is 2.23. The molecule has 19 heavy (non-hydrogen) atoms. The van der Waals surface area contributed by atoms with E-state index in [2.05, 4.69) is 5.32 Å². The second-order valence-corrected chi connectivity index (χ2v) is 5.83. The predicted octanol–water partition coefficient (Wildman–Crippen LogP) is 4.15. The second-order valence-electron chi connectivity index (χ2n) is 4.86. The first kappa shape index (κ1) is 14.6. The van der Waals surface area contributed by atoms with Gasteiger partial charge in [0.1, 0.15) is 5.82 Å². The Balaban J connectivity index is 2.05. The van der Waals surface area contributed by atoms with Crippen molar-refractivity contribution in [2.24, 2.45) is 0 Å². The average molecular weight is 304 g/mol. The number of carbonyl (C=O) groups excluding carboxylic acids is 1. The molecule has 0 radical (unpaired) electrons. The summed E-state index contributed by atoms with van der Waals surface area (Å²) in [7, 11) is 0. The van der Waals surface area contributed by atoms with Crippen molar-refractivity contribution in [3.8, 4) is 0 Å².